The van der Waals surface area contributed by atoms with Crippen LogP contribution in [0.2, 0.25) is 0 Å². The lowest BCUT2D eigenvalue weighted by molar-refractivity contribution is 0.102. The fourth-order valence-corrected chi connectivity index (χ4v) is 2.06. The molecule has 0 spiro atoms. The Hall–Kier alpha value is -1.40. The maximum Gasteiger partial charge on any atom is 0.259 e. The maximum atomic E-state index is 11.8. The second kappa shape index (κ2) is 4.63. The van der Waals surface area contributed by atoms with Crippen molar-refractivity contribution < 1.29 is 4.79 Å². The van der Waals surface area contributed by atoms with E-state index in [-0.39, 0.29) is 5.91 Å². The Labute approximate surface area is 105 Å². The lowest BCUT2D eigenvalue weighted by Crippen LogP contribution is -2.13. The number of carbonyl (C=O) groups excluding carboxylic acids is 1. The highest BCUT2D eigenvalue weighted by Crippen LogP contribution is 2.20. The molecule has 0 fully saturated rings. The van der Waals surface area contributed by atoms with E-state index in [1.54, 1.807) is 29.8 Å². The number of thiazole rings is 1. The molecule has 82 valence electrons. The average molecular weight is 298 g/mol. The summed E-state index contributed by atoms with van der Waals surface area (Å²) >= 11 is 4.65. The summed E-state index contributed by atoms with van der Waals surface area (Å²) in [6, 6.07) is 5.15. The van der Waals surface area contributed by atoms with Crippen LogP contribution in [0.3, 0.4) is 0 Å². The largest absolute Gasteiger partial charge is 0.398 e. The molecule has 6 heteroatoms. The van der Waals surface area contributed by atoms with Crippen molar-refractivity contribution in [2.75, 3.05) is 11.1 Å². The van der Waals surface area contributed by atoms with Gasteiger partial charge < -0.3 is 5.73 Å². The minimum atomic E-state index is -0.256. The Morgan fingerprint density at radius 2 is 2.31 bits per heavy atom. The van der Waals surface area contributed by atoms with Gasteiger partial charge in [-0.05, 0) is 18.2 Å². The van der Waals surface area contributed by atoms with Gasteiger partial charge in [-0.2, -0.15) is 0 Å². The molecule has 0 aliphatic heterocycles. The van der Waals surface area contributed by atoms with E-state index in [9.17, 15) is 4.79 Å². The first kappa shape index (κ1) is 11.1. The van der Waals surface area contributed by atoms with E-state index in [0.717, 1.165) is 4.47 Å². The van der Waals surface area contributed by atoms with Crippen molar-refractivity contribution in [1.82, 2.24) is 4.98 Å². The number of nitrogen functional groups attached to an aromatic ring is 1. The van der Waals surface area contributed by atoms with Crippen molar-refractivity contribution in [2.45, 2.75) is 0 Å². The van der Waals surface area contributed by atoms with Crippen molar-refractivity contribution in [3.05, 3.63) is 39.8 Å². The summed E-state index contributed by atoms with van der Waals surface area (Å²) < 4.78 is 0.811. The summed E-state index contributed by atoms with van der Waals surface area (Å²) in [5.41, 5.74) is 6.60. The summed E-state index contributed by atoms with van der Waals surface area (Å²) in [7, 11) is 0. The van der Waals surface area contributed by atoms with Gasteiger partial charge in [-0.25, -0.2) is 4.98 Å². The number of hydrogen-bond acceptors (Lipinski definition) is 4. The first-order chi connectivity index (χ1) is 7.66. The van der Waals surface area contributed by atoms with Crippen LogP contribution in [-0.4, -0.2) is 10.9 Å². The van der Waals surface area contributed by atoms with E-state index in [1.807, 2.05) is 0 Å². The first-order valence-corrected chi connectivity index (χ1v) is 6.10. The van der Waals surface area contributed by atoms with Crippen LogP contribution in [0.25, 0.3) is 0 Å². The molecule has 4 nitrogen and oxygen atoms in total. The van der Waals surface area contributed by atoms with Crippen molar-refractivity contribution >= 4 is 44.0 Å². The molecule has 0 bridgehead atoms. The van der Waals surface area contributed by atoms with Gasteiger partial charge in [-0.3, -0.25) is 10.1 Å². The third-order valence-corrected chi connectivity index (χ3v) is 3.09. The van der Waals surface area contributed by atoms with Gasteiger partial charge in [-0.15, -0.1) is 11.3 Å². The minimum absolute atomic E-state index is 0.256. The number of rotatable bonds is 2. The molecule has 0 aliphatic carbocycles. The summed E-state index contributed by atoms with van der Waals surface area (Å²) in [6.45, 7) is 0. The zero-order valence-corrected chi connectivity index (χ0v) is 10.5. The maximum absolute atomic E-state index is 11.8. The lowest BCUT2D eigenvalue weighted by Gasteiger charge is -2.05. The number of aromatic nitrogens is 1. The molecule has 1 aromatic carbocycles. The van der Waals surface area contributed by atoms with Crippen LogP contribution < -0.4 is 11.1 Å². The third-order valence-electron chi connectivity index (χ3n) is 1.91. The van der Waals surface area contributed by atoms with Crippen molar-refractivity contribution in [1.29, 1.82) is 0 Å². The zero-order valence-electron chi connectivity index (χ0n) is 8.11. The van der Waals surface area contributed by atoms with Gasteiger partial charge in [-0.1, -0.05) is 15.9 Å². The second-order valence-corrected chi connectivity index (χ2v) is 4.83. The fraction of sp³-hybridized carbons (Fsp3) is 0. The Kier molecular flexibility index (Phi) is 3.21. The van der Waals surface area contributed by atoms with Gasteiger partial charge in [0.05, 0.1) is 5.56 Å². The van der Waals surface area contributed by atoms with Crippen LogP contribution in [-0.2, 0) is 0 Å². The van der Waals surface area contributed by atoms with Crippen molar-refractivity contribution in [3.63, 3.8) is 0 Å². The van der Waals surface area contributed by atoms with Gasteiger partial charge >= 0.3 is 0 Å². The second-order valence-electron chi connectivity index (χ2n) is 3.02. The van der Waals surface area contributed by atoms with E-state index in [2.05, 4.69) is 26.2 Å². The highest BCUT2D eigenvalue weighted by atomic mass is 79.9. The molecule has 0 saturated heterocycles. The SMILES string of the molecule is Nc1ccc(Br)cc1C(=O)Nc1nccs1. The molecule has 0 unspecified atom stereocenters. The monoisotopic (exact) mass is 297 g/mol. The third kappa shape index (κ3) is 2.40. The number of nitrogens with two attached hydrogens (primary N) is 1. The number of anilines is 2. The number of nitrogens with one attached hydrogen (secondary N) is 1. The van der Waals surface area contributed by atoms with Crippen LogP contribution in [0.4, 0.5) is 10.8 Å². The predicted molar refractivity (Wildman–Crippen MR) is 68.6 cm³/mol. The molecule has 0 radical (unpaired) electrons. The van der Waals surface area contributed by atoms with E-state index in [1.165, 1.54) is 11.3 Å². The number of amides is 1. The smallest absolute Gasteiger partial charge is 0.259 e. The van der Waals surface area contributed by atoms with Crippen molar-refractivity contribution in [2.24, 2.45) is 0 Å². The molecule has 2 aromatic rings. The number of carbonyl (C=O) groups is 1. The molecule has 1 heterocycles. The summed E-state index contributed by atoms with van der Waals surface area (Å²) in [5, 5.41) is 5.03. The number of hydrogen-bond donors (Lipinski definition) is 2. The van der Waals surface area contributed by atoms with Crippen LogP contribution >= 0.6 is 27.3 Å². The Bertz CT molecular complexity index is 513. The quantitative estimate of drug-likeness (QED) is 0.838. The van der Waals surface area contributed by atoms with Crippen LogP contribution in [0, 0.1) is 0 Å². The molecular formula is C10H8BrN3OS. The average Bonchev–Trinajstić information content (AvgIpc) is 2.74. The Balaban J connectivity index is 2.24. The highest BCUT2D eigenvalue weighted by molar-refractivity contribution is 9.10. The van der Waals surface area contributed by atoms with E-state index < -0.39 is 0 Å². The molecule has 1 amide bonds. The summed E-state index contributed by atoms with van der Waals surface area (Å²) in [5.74, 6) is -0.256. The summed E-state index contributed by atoms with van der Waals surface area (Å²) in [6.07, 6.45) is 1.63. The molecule has 16 heavy (non-hydrogen) atoms. The van der Waals surface area contributed by atoms with Gasteiger partial charge in [0, 0.05) is 21.7 Å². The molecule has 0 saturated carbocycles. The normalized spacial score (nSPS) is 10.1. The number of benzene rings is 1. The van der Waals surface area contributed by atoms with Crippen molar-refractivity contribution in [3.8, 4) is 0 Å². The molecule has 2 rings (SSSR count). The van der Waals surface area contributed by atoms with Gasteiger partial charge in [0.15, 0.2) is 5.13 Å². The van der Waals surface area contributed by atoms with Gasteiger partial charge in [0.2, 0.25) is 0 Å². The van der Waals surface area contributed by atoms with E-state index in [4.69, 9.17) is 5.73 Å². The topological polar surface area (TPSA) is 68.0 Å². The van der Waals surface area contributed by atoms with E-state index >= 15 is 0 Å². The van der Waals surface area contributed by atoms with Gasteiger partial charge in [0.25, 0.3) is 5.91 Å². The Morgan fingerprint density at radius 1 is 1.50 bits per heavy atom. The molecule has 0 atom stereocenters. The highest BCUT2D eigenvalue weighted by Gasteiger charge is 2.11. The minimum Gasteiger partial charge on any atom is -0.398 e. The van der Waals surface area contributed by atoms with E-state index in [0.29, 0.717) is 16.4 Å². The fourth-order valence-electron chi connectivity index (χ4n) is 1.17. The molecule has 1 aromatic heterocycles. The lowest BCUT2D eigenvalue weighted by atomic mass is 10.2. The zero-order chi connectivity index (χ0) is 11.5. The number of halogens is 1. The molecular weight excluding hydrogens is 290 g/mol. The van der Waals surface area contributed by atoms with Crippen LogP contribution in [0.5, 0.6) is 0 Å². The standard InChI is InChI=1S/C10H8BrN3OS/c11-6-1-2-8(12)7(5-6)9(15)14-10-13-3-4-16-10/h1-5H,12H2,(H,13,14,15). The van der Waals surface area contributed by atoms with Crippen LogP contribution in [0.15, 0.2) is 34.2 Å². The molecule has 0 aliphatic rings. The molecule has 3 N–H and O–H groups in total. The Morgan fingerprint density at radius 3 is 3.00 bits per heavy atom. The predicted octanol–water partition coefficient (Wildman–Crippen LogP) is 2.74. The van der Waals surface area contributed by atoms with Crippen LogP contribution in [0.1, 0.15) is 10.4 Å². The first-order valence-electron chi connectivity index (χ1n) is 4.42. The van der Waals surface area contributed by atoms with Gasteiger partial charge in [0.1, 0.15) is 0 Å². The summed E-state index contributed by atoms with van der Waals surface area (Å²) in [4.78, 5) is 15.8. The number of nitrogens with zero attached hydrogens (tertiary/aromatic N) is 1.